The van der Waals surface area contributed by atoms with E-state index in [9.17, 15) is 9.90 Å². The molecule has 1 aromatic carbocycles. The first-order valence-corrected chi connectivity index (χ1v) is 6.75. The summed E-state index contributed by atoms with van der Waals surface area (Å²) >= 11 is 0. The molecule has 2 rings (SSSR count). The van der Waals surface area contributed by atoms with Gasteiger partial charge in [0.25, 0.3) is 0 Å². The Bertz CT molecular complexity index is 549. The summed E-state index contributed by atoms with van der Waals surface area (Å²) in [7, 11) is 0. The van der Waals surface area contributed by atoms with Gasteiger partial charge in [-0.3, -0.25) is 4.79 Å². The van der Waals surface area contributed by atoms with E-state index in [1.807, 2.05) is 0 Å². The molecular formula is C15H19N3O2. The van der Waals surface area contributed by atoms with Crippen molar-refractivity contribution in [2.24, 2.45) is 0 Å². The van der Waals surface area contributed by atoms with Crippen molar-refractivity contribution in [1.82, 2.24) is 5.32 Å². The average molecular weight is 273 g/mol. The molecule has 106 valence electrons. The van der Waals surface area contributed by atoms with E-state index in [1.54, 1.807) is 25.1 Å². The summed E-state index contributed by atoms with van der Waals surface area (Å²) in [5, 5.41) is 21.8. The number of carbonyl (C=O) groups excluding carboxylic acids is 1. The molecule has 1 unspecified atom stereocenters. The molecule has 5 nitrogen and oxygen atoms in total. The monoisotopic (exact) mass is 273 g/mol. The molecular weight excluding hydrogens is 254 g/mol. The summed E-state index contributed by atoms with van der Waals surface area (Å²) in [5.74, 6) is -0.0293. The Balaban J connectivity index is 2.24. The van der Waals surface area contributed by atoms with Gasteiger partial charge in [0, 0.05) is 37.3 Å². The summed E-state index contributed by atoms with van der Waals surface area (Å²) in [5.41, 5.74) is 2.27. The molecule has 5 heteroatoms. The number of amides is 1. The van der Waals surface area contributed by atoms with E-state index < -0.39 is 6.10 Å². The molecule has 1 saturated heterocycles. The van der Waals surface area contributed by atoms with Crippen LogP contribution in [0.4, 0.5) is 5.69 Å². The summed E-state index contributed by atoms with van der Waals surface area (Å²) < 4.78 is 0. The predicted octanol–water partition coefficient (Wildman–Crippen LogP) is 1.33. The highest BCUT2D eigenvalue weighted by molar-refractivity contribution is 5.73. The van der Waals surface area contributed by atoms with Gasteiger partial charge in [-0.15, -0.1) is 0 Å². The maximum atomic E-state index is 11.1. The normalized spacial score (nSPS) is 19.5. The van der Waals surface area contributed by atoms with Crippen LogP contribution in [0, 0.1) is 11.3 Å². The summed E-state index contributed by atoms with van der Waals surface area (Å²) in [4.78, 5) is 13.2. The van der Waals surface area contributed by atoms with Crippen molar-refractivity contribution < 1.29 is 9.90 Å². The Hall–Kier alpha value is -2.06. The van der Waals surface area contributed by atoms with Crippen molar-refractivity contribution in [3.05, 3.63) is 29.3 Å². The van der Waals surface area contributed by atoms with Gasteiger partial charge in [0.15, 0.2) is 0 Å². The third kappa shape index (κ3) is 3.09. The van der Waals surface area contributed by atoms with Crippen molar-refractivity contribution in [2.75, 3.05) is 18.0 Å². The van der Waals surface area contributed by atoms with Gasteiger partial charge in [-0.1, -0.05) is 6.07 Å². The maximum Gasteiger partial charge on any atom is 0.217 e. The maximum absolute atomic E-state index is 11.1. The number of hydrogen-bond acceptors (Lipinski definition) is 4. The first-order chi connectivity index (χ1) is 9.51. The van der Waals surface area contributed by atoms with Crippen LogP contribution in [0.3, 0.4) is 0 Å². The molecule has 1 heterocycles. The lowest BCUT2D eigenvalue weighted by molar-refractivity contribution is -0.119. The molecule has 1 amide bonds. The molecule has 2 atom stereocenters. The Morgan fingerprint density at radius 3 is 2.95 bits per heavy atom. The van der Waals surface area contributed by atoms with Gasteiger partial charge in [-0.25, -0.2) is 0 Å². The van der Waals surface area contributed by atoms with Crippen molar-refractivity contribution in [2.45, 2.75) is 32.4 Å². The van der Waals surface area contributed by atoms with Gasteiger partial charge in [-0.05, 0) is 25.5 Å². The zero-order valence-corrected chi connectivity index (χ0v) is 11.8. The summed E-state index contributed by atoms with van der Waals surface area (Å²) in [6, 6.07) is 7.56. The van der Waals surface area contributed by atoms with Crippen LogP contribution in [0.1, 0.15) is 37.5 Å². The Morgan fingerprint density at radius 2 is 2.35 bits per heavy atom. The summed E-state index contributed by atoms with van der Waals surface area (Å²) in [6.45, 7) is 4.74. The summed E-state index contributed by atoms with van der Waals surface area (Å²) in [6.07, 6.45) is 0.285. The van der Waals surface area contributed by atoms with E-state index in [-0.39, 0.29) is 11.9 Å². The zero-order chi connectivity index (χ0) is 14.7. The Kier molecular flexibility index (Phi) is 4.26. The number of aliphatic hydroxyl groups excluding tert-OH is 1. The van der Waals surface area contributed by atoms with Crippen LogP contribution in [0.2, 0.25) is 0 Å². The van der Waals surface area contributed by atoms with Crippen LogP contribution in [-0.4, -0.2) is 30.1 Å². The number of anilines is 1. The van der Waals surface area contributed by atoms with Crippen molar-refractivity contribution in [3.63, 3.8) is 0 Å². The van der Waals surface area contributed by atoms with Gasteiger partial charge in [0.05, 0.1) is 17.7 Å². The molecule has 1 aliphatic heterocycles. The number of benzene rings is 1. The van der Waals surface area contributed by atoms with Crippen molar-refractivity contribution in [1.29, 1.82) is 5.26 Å². The zero-order valence-electron chi connectivity index (χ0n) is 11.8. The quantitative estimate of drug-likeness (QED) is 0.871. The predicted molar refractivity (Wildman–Crippen MR) is 76.2 cm³/mol. The lowest BCUT2D eigenvalue weighted by atomic mass is 10.0. The minimum Gasteiger partial charge on any atom is -0.389 e. The number of rotatable bonds is 3. The van der Waals surface area contributed by atoms with Gasteiger partial charge >= 0.3 is 0 Å². The van der Waals surface area contributed by atoms with Crippen molar-refractivity contribution in [3.8, 4) is 6.07 Å². The number of nitriles is 1. The second-order valence-corrected chi connectivity index (χ2v) is 5.19. The molecule has 0 spiro atoms. The lowest BCUT2D eigenvalue weighted by Gasteiger charge is -2.23. The molecule has 0 saturated carbocycles. The molecule has 0 aromatic heterocycles. The van der Waals surface area contributed by atoms with E-state index in [4.69, 9.17) is 5.26 Å². The SMILES string of the molecule is CC(=O)NC1CCN(c2cc(C#N)ccc2[C@@H](C)O)C1. The molecule has 1 aliphatic rings. The molecule has 0 aliphatic carbocycles. The van der Waals surface area contributed by atoms with Gasteiger partial charge < -0.3 is 15.3 Å². The van der Waals surface area contributed by atoms with Crippen LogP contribution < -0.4 is 10.2 Å². The fraction of sp³-hybridized carbons (Fsp3) is 0.467. The van der Waals surface area contributed by atoms with Crippen LogP contribution in [0.15, 0.2) is 18.2 Å². The number of nitrogens with zero attached hydrogens (tertiary/aromatic N) is 2. The fourth-order valence-electron chi connectivity index (χ4n) is 2.62. The van der Waals surface area contributed by atoms with Crippen LogP contribution >= 0.6 is 0 Å². The molecule has 1 fully saturated rings. The largest absolute Gasteiger partial charge is 0.389 e. The molecule has 0 bridgehead atoms. The first kappa shape index (κ1) is 14.4. The second-order valence-electron chi connectivity index (χ2n) is 5.19. The number of hydrogen-bond donors (Lipinski definition) is 2. The van der Waals surface area contributed by atoms with Gasteiger partial charge in [0.1, 0.15) is 0 Å². The topological polar surface area (TPSA) is 76.4 Å². The first-order valence-electron chi connectivity index (χ1n) is 6.75. The highest BCUT2D eigenvalue weighted by Gasteiger charge is 2.25. The highest BCUT2D eigenvalue weighted by atomic mass is 16.3. The number of carbonyl (C=O) groups is 1. The van der Waals surface area contributed by atoms with Crippen LogP contribution in [-0.2, 0) is 4.79 Å². The van der Waals surface area contributed by atoms with E-state index in [2.05, 4.69) is 16.3 Å². The Morgan fingerprint density at radius 1 is 1.60 bits per heavy atom. The van der Waals surface area contributed by atoms with Crippen LogP contribution in [0.5, 0.6) is 0 Å². The number of aliphatic hydroxyl groups is 1. The van der Waals surface area contributed by atoms with E-state index in [0.29, 0.717) is 12.1 Å². The minimum atomic E-state index is -0.586. The fourth-order valence-corrected chi connectivity index (χ4v) is 2.62. The standard InChI is InChI=1S/C15H19N3O2/c1-10(19)14-4-3-12(8-16)7-15(14)18-6-5-13(9-18)17-11(2)20/h3-4,7,10,13,19H,5-6,9H2,1-2H3,(H,17,20)/t10-,13?/m1/s1. The number of nitrogens with one attached hydrogen (secondary N) is 1. The third-order valence-corrected chi connectivity index (χ3v) is 3.55. The molecule has 1 aromatic rings. The second kappa shape index (κ2) is 5.93. The molecule has 20 heavy (non-hydrogen) atoms. The minimum absolute atomic E-state index is 0.0293. The van der Waals surface area contributed by atoms with E-state index in [0.717, 1.165) is 24.2 Å². The third-order valence-electron chi connectivity index (χ3n) is 3.55. The van der Waals surface area contributed by atoms with E-state index >= 15 is 0 Å². The van der Waals surface area contributed by atoms with Gasteiger partial charge in [0.2, 0.25) is 5.91 Å². The molecule has 2 N–H and O–H groups in total. The van der Waals surface area contributed by atoms with E-state index in [1.165, 1.54) is 6.92 Å². The average Bonchev–Trinajstić information content (AvgIpc) is 2.85. The Labute approximate surface area is 118 Å². The van der Waals surface area contributed by atoms with Crippen LogP contribution in [0.25, 0.3) is 0 Å². The van der Waals surface area contributed by atoms with Crippen molar-refractivity contribution >= 4 is 11.6 Å². The highest BCUT2D eigenvalue weighted by Crippen LogP contribution is 2.30. The molecule has 0 radical (unpaired) electrons. The smallest absolute Gasteiger partial charge is 0.217 e. The lowest BCUT2D eigenvalue weighted by Crippen LogP contribution is -2.35. The van der Waals surface area contributed by atoms with Gasteiger partial charge in [-0.2, -0.15) is 5.26 Å².